The largest absolute Gasteiger partial charge is 0.326 e. The molecule has 0 aliphatic heterocycles. The second-order valence-corrected chi connectivity index (χ2v) is 5.16. The van der Waals surface area contributed by atoms with E-state index in [1.807, 2.05) is 29.8 Å². The Morgan fingerprint density at radius 3 is 2.88 bits per heavy atom. The summed E-state index contributed by atoms with van der Waals surface area (Å²) < 4.78 is 2.91. The molecule has 0 aliphatic rings. The van der Waals surface area contributed by atoms with E-state index in [1.54, 1.807) is 18.1 Å². The van der Waals surface area contributed by atoms with Crippen molar-refractivity contribution < 1.29 is 0 Å². The second-order valence-electron chi connectivity index (χ2n) is 3.30. The second kappa shape index (κ2) is 4.99. The van der Waals surface area contributed by atoms with Gasteiger partial charge in [0.05, 0.1) is 0 Å². The summed E-state index contributed by atoms with van der Waals surface area (Å²) in [4.78, 5) is 1.10. The number of benzene rings is 1. The molecule has 0 saturated heterocycles. The molecular formula is C10H11BrN4S. The van der Waals surface area contributed by atoms with Crippen LogP contribution in [-0.2, 0) is 13.6 Å². The Kier molecular flexibility index (Phi) is 3.63. The maximum Gasteiger partial charge on any atom is 0.195 e. The van der Waals surface area contributed by atoms with Gasteiger partial charge in [-0.05, 0) is 45.4 Å². The van der Waals surface area contributed by atoms with Crippen molar-refractivity contribution in [1.82, 2.24) is 14.8 Å². The fraction of sp³-hybridized carbons (Fsp3) is 0.200. The third-order valence-electron chi connectivity index (χ3n) is 2.10. The van der Waals surface area contributed by atoms with Crippen LogP contribution >= 0.6 is 27.7 Å². The highest BCUT2D eigenvalue weighted by Crippen LogP contribution is 2.32. The molecule has 1 aromatic carbocycles. The zero-order valence-electron chi connectivity index (χ0n) is 8.72. The Bertz CT molecular complexity index is 497. The number of hydrogen-bond donors (Lipinski definition) is 1. The van der Waals surface area contributed by atoms with E-state index in [0.29, 0.717) is 6.54 Å². The summed E-state index contributed by atoms with van der Waals surface area (Å²) in [6, 6.07) is 6.08. The summed E-state index contributed by atoms with van der Waals surface area (Å²) in [5.74, 6) is 0. The van der Waals surface area contributed by atoms with Gasteiger partial charge in [0.2, 0.25) is 0 Å². The quantitative estimate of drug-likeness (QED) is 0.944. The van der Waals surface area contributed by atoms with Crippen LogP contribution in [0.5, 0.6) is 0 Å². The Balaban J connectivity index is 2.25. The first-order valence-corrected chi connectivity index (χ1v) is 6.32. The molecule has 2 N–H and O–H groups in total. The smallest absolute Gasteiger partial charge is 0.195 e. The van der Waals surface area contributed by atoms with Gasteiger partial charge in [-0.15, -0.1) is 10.2 Å². The molecule has 2 rings (SSSR count). The Labute approximate surface area is 106 Å². The van der Waals surface area contributed by atoms with Crippen LogP contribution in [0.4, 0.5) is 0 Å². The zero-order valence-corrected chi connectivity index (χ0v) is 11.1. The van der Waals surface area contributed by atoms with Gasteiger partial charge in [0.25, 0.3) is 0 Å². The van der Waals surface area contributed by atoms with E-state index in [4.69, 9.17) is 5.73 Å². The molecule has 2 aromatic rings. The van der Waals surface area contributed by atoms with E-state index < -0.39 is 0 Å². The third kappa shape index (κ3) is 2.45. The SMILES string of the molecule is Cn1cnnc1Sc1ccc(CN)cc1Br. The number of nitrogens with two attached hydrogens (primary N) is 1. The minimum atomic E-state index is 0.549. The Morgan fingerprint density at radius 2 is 2.31 bits per heavy atom. The molecule has 84 valence electrons. The molecule has 0 radical (unpaired) electrons. The predicted molar refractivity (Wildman–Crippen MR) is 67.2 cm³/mol. The van der Waals surface area contributed by atoms with E-state index in [2.05, 4.69) is 26.1 Å². The Morgan fingerprint density at radius 1 is 1.50 bits per heavy atom. The highest BCUT2D eigenvalue weighted by atomic mass is 79.9. The van der Waals surface area contributed by atoms with Crippen molar-refractivity contribution in [3.8, 4) is 0 Å². The third-order valence-corrected chi connectivity index (χ3v) is 4.15. The summed E-state index contributed by atoms with van der Waals surface area (Å²) in [5.41, 5.74) is 6.68. The number of nitrogens with zero attached hydrogens (tertiary/aromatic N) is 3. The van der Waals surface area contributed by atoms with Crippen LogP contribution in [0.1, 0.15) is 5.56 Å². The molecule has 0 spiro atoms. The molecule has 1 heterocycles. The molecule has 0 bridgehead atoms. The first kappa shape index (κ1) is 11.6. The number of halogens is 1. The van der Waals surface area contributed by atoms with Crippen molar-refractivity contribution >= 4 is 27.7 Å². The average molecular weight is 299 g/mol. The van der Waals surface area contributed by atoms with Gasteiger partial charge >= 0.3 is 0 Å². The van der Waals surface area contributed by atoms with Crippen LogP contribution in [0.3, 0.4) is 0 Å². The number of hydrogen-bond acceptors (Lipinski definition) is 4. The van der Waals surface area contributed by atoms with Gasteiger partial charge in [-0.1, -0.05) is 6.07 Å². The van der Waals surface area contributed by atoms with Gasteiger partial charge in [0.15, 0.2) is 5.16 Å². The molecule has 0 aliphatic carbocycles. The molecule has 0 fully saturated rings. The minimum Gasteiger partial charge on any atom is -0.326 e. The molecule has 0 unspecified atom stereocenters. The zero-order chi connectivity index (χ0) is 11.5. The van der Waals surface area contributed by atoms with E-state index in [9.17, 15) is 0 Å². The van der Waals surface area contributed by atoms with Crippen LogP contribution in [0.25, 0.3) is 0 Å². The average Bonchev–Trinajstić information content (AvgIpc) is 2.67. The van der Waals surface area contributed by atoms with Crippen LogP contribution in [0.2, 0.25) is 0 Å². The van der Waals surface area contributed by atoms with Gasteiger partial charge < -0.3 is 10.3 Å². The molecule has 1 aromatic heterocycles. The van der Waals surface area contributed by atoms with Gasteiger partial charge in [-0.2, -0.15) is 0 Å². The van der Waals surface area contributed by atoms with Crippen molar-refractivity contribution in [3.05, 3.63) is 34.6 Å². The Hall–Kier alpha value is -0.850. The number of aromatic nitrogens is 3. The van der Waals surface area contributed by atoms with Crippen LogP contribution < -0.4 is 5.73 Å². The molecule has 16 heavy (non-hydrogen) atoms. The van der Waals surface area contributed by atoms with Crippen molar-refractivity contribution in [2.24, 2.45) is 12.8 Å². The van der Waals surface area contributed by atoms with Crippen LogP contribution in [-0.4, -0.2) is 14.8 Å². The minimum absolute atomic E-state index is 0.549. The standard InChI is InChI=1S/C10H11BrN4S/c1-15-6-13-14-10(15)16-9-3-2-7(5-12)4-8(9)11/h2-4,6H,5,12H2,1H3. The van der Waals surface area contributed by atoms with Crippen LogP contribution in [0, 0.1) is 0 Å². The molecule has 0 atom stereocenters. The van der Waals surface area contributed by atoms with E-state index in [-0.39, 0.29) is 0 Å². The topological polar surface area (TPSA) is 56.7 Å². The van der Waals surface area contributed by atoms with Crippen molar-refractivity contribution in [2.75, 3.05) is 0 Å². The maximum absolute atomic E-state index is 5.57. The summed E-state index contributed by atoms with van der Waals surface area (Å²) in [6.07, 6.45) is 1.69. The normalized spacial score (nSPS) is 10.7. The fourth-order valence-electron chi connectivity index (χ4n) is 1.22. The van der Waals surface area contributed by atoms with Gasteiger partial charge in [0.1, 0.15) is 6.33 Å². The van der Waals surface area contributed by atoms with Crippen LogP contribution in [0.15, 0.2) is 39.1 Å². The monoisotopic (exact) mass is 298 g/mol. The highest BCUT2D eigenvalue weighted by molar-refractivity contribution is 9.10. The lowest BCUT2D eigenvalue weighted by molar-refractivity contribution is 0.788. The van der Waals surface area contributed by atoms with Crippen molar-refractivity contribution in [3.63, 3.8) is 0 Å². The lowest BCUT2D eigenvalue weighted by Crippen LogP contribution is -1.96. The number of aryl methyl sites for hydroxylation is 1. The van der Waals surface area contributed by atoms with E-state index >= 15 is 0 Å². The number of rotatable bonds is 3. The molecular weight excluding hydrogens is 288 g/mol. The van der Waals surface area contributed by atoms with E-state index in [1.165, 1.54) is 0 Å². The first-order chi connectivity index (χ1) is 7.70. The summed E-state index contributed by atoms with van der Waals surface area (Å²) in [5, 5.41) is 8.73. The highest BCUT2D eigenvalue weighted by Gasteiger charge is 2.07. The summed E-state index contributed by atoms with van der Waals surface area (Å²) in [6.45, 7) is 0.549. The predicted octanol–water partition coefficient (Wildman–Crippen LogP) is 2.19. The fourth-order valence-corrected chi connectivity index (χ4v) is 2.65. The van der Waals surface area contributed by atoms with E-state index in [0.717, 1.165) is 20.1 Å². The molecule has 4 nitrogen and oxygen atoms in total. The summed E-state index contributed by atoms with van der Waals surface area (Å²) >= 11 is 5.09. The first-order valence-electron chi connectivity index (χ1n) is 4.71. The van der Waals surface area contributed by atoms with Gasteiger partial charge in [-0.3, -0.25) is 0 Å². The van der Waals surface area contributed by atoms with Crippen molar-refractivity contribution in [2.45, 2.75) is 16.6 Å². The van der Waals surface area contributed by atoms with Crippen molar-refractivity contribution in [1.29, 1.82) is 0 Å². The lowest BCUT2D eigenvalue weighted by atomic mass is 10.2. The molecule has 0 amide bonds. The lowest BCUT2D eigenvalue weighted by Gasteiger charge is -2.05. The maximum atomic E-state index is 5.57. The van der Waals surface area contributed by atoms with Gasteiger partial charge in [-0.25, -0.2) is 0 Å². The van der Waals surface area contributed by atoms with Gasteiger partial charge in [0, 0.05) is 23.0 Å². The molecule has 0 saturated carbocycles. The summed E-state index contributed by atoms with van der Waals surface area (Å²) in [7, 11) is 1.92. The molecule has 6 heteroatoms.